The fourth-order valence-electron chi connectivity index (χ4n) is 2.48. The van der Waals surface area contributed by atoms with Gasteiger partial charge in [-0.2, -0.15) is 0 Å². The summed E-state index contributed by atoms with van der Waals surface area (Å²) < 4.78 is 0. The molecule has 0 aromatic heterocycles. The molecular formula is C15H14ClNO. The second-order valence-electron chi connectivity index (χ2n) is 4.66. The Morgan fingerprint density at radius 3 is 2.72 bits per heavy atom. The van der Waals surface area contributed by atoms with Gasteiger partial charge in [0.05, 0.1) is 5.38 Å². The number of halogens is 1. The highest BCUT2D eigenvalue weighted by molar-refractivity contribution is 6.21. The Labute approximate surface area is 111 Å². The van der Waals surface area contributed by atoms with Gasteiger partial charge in [0.1, 0.15) is 0 Å². The van der Waals surface area contributed by atoms with Crippen molar-refractivity contribution in [1.82, 2.24) is 4.90 Å². The van der Waals surface area contributed by atoms with E-state index in [2.05, 4.69) is 0 Å². The van der Waals surface area contributed by atoms with E-state index in [9.17, 15) is 4.79 Å². The summed E-state index contributed by atoms with van der Waals surface area (Å²) in [6.07, 6.45) is 0.887. The van der Waals surface area contributed by atoms with Crippen LogP contribution in [0.1, 0.15) is 16.8 Å². The van der Waals surface area contributed by atoms with Gasteiger partial charge in [0.15, 0.2) is 0 Å². The first-order chi connectivity index (χ1) is 8.75. The van der Waals surface area contributed by atoms with Crippen molar-refractivity contribution >= 4 is 28.3 Å². The molecule has 1 heterocycles. The number of carbonyl (C=O) groups is 1. The molecule has 1 aliphatic heterocycles. The third-order valence-electron chi connectivity index (χ3n) is 3.44. The van der Waals surface area contributed by atoms with Gasteiger partial charge in [0, 0.05) is 18.7 Å². The Kier molecular flexibility index (Phi) is 2.96. The van der Waals surface area contributed by atoms with Gasteiger partial charge in [-0.3, -0.25) is 4.79 Å². The zero-order valence-electron chi connectivity index (χ0n) is 9.97. The van der Waals surface area contributed by atoms with Crippen molar-refractivity contribution in [3.05, 3.63) is 48.0 Å². The molecule has 0 saturated carbocycles. The second-order valence-corrected chi connectivity index (χ2v) is 5.28. The summed E-state index contributed by atoms with van der Waals surface area (Å²) in [6, 6.07) is 13.8. The molecule has 3 heteroatoms. The SMILES string of the molecule is O=C(c1cccc2ccccc12)N1CCC(Cl)C1. The van der Waals surface area contributed by atoms with Crippen LogP contribution in [-0.4, -0.2) is 29.3 Å². The first-order valence-electron chi connectivity index (χ1n) is 6.17. The molecule has 0 bridgehead atoms. The van der Waals surface area contributed by atoms with Crippen molar-refractivity contribution in [2.45, 2.75) is 11.8 Å². The normalized spacial score (nSPS) is 19.4. The van der Waals surface area contributed by atoms with Crippen LogP contribution in [0.5, 0.6) is 0 Å². The Balaban J connectivity index is 2.01. The van der Waals surface area contributed by atoms with E-state index in [0.717, 1.165) is 29.3 Å². The lowest BCUT2D eigenvalue weighted by molar-refractivity contribution is 0.0795. The van der Waals surface area contributed by atoms with E-state index in [1.165, 1.54) is 0 Å². The van der Waals surface area contributed by atoms with Crippen LogP contribution in [-0.2, 0) is 0 Å². The number of benzene rings is 2. The molecule has 1 amide bonds. The van der Waals surface area contributed by atoms with Crippen molar-refractivity contribution in [2.75, 3.05) is 13.1 Å². The number of hydrogen-bond donors (Lipinski definition) is 0. The standard InChI is InChI=1S/C15H14ClNO/c16-12-8-9-17(10-12)15(18)14-7-3-5-11-4-1-2-6-13(11)14/h1-7,12H,8-10H2. The second kappa shape index (κ2) is 4.62. The molecule has 0 spiro atoms. The molecule has 18 heavy (non-hydrogen) atoms. The maximum absolute atomic E-state index is 12.5. The van der Waals surface area contributed by atoms with Crippen molar-refractivity contribution < 1.29 is 4.79 Å². The predicted octanol–water partition coefficient (Wildman–Crippen LogP) is 3.29. The van der Waals surface area contributed by atoms with Crippen molar-refractivity contribution in [1.29, 1.82) is 0 Å². The summed E-state index contributed by atoms with van der Waals surface area (Å²) in [7, 11) is 0. The third kappa shape index (κ3) is 1.97. The van der Waals surface area contributed by atoms with Crippen LogP contribution < -0.4 is 0 Å². The molecule has 1 atom stereocenters. The average Bonchev–Trinajstić information content (AvgIpc) is 2.84. The minimum atomic E-state index is 0.0925. The Morgan fingerprint density at radius 2 is 1.94 bits per heavy atom. The summed E-state index contributed by atoms with van der Waals surface area (Å²) >= 11 is 6.06. The van der Waals surface area contributed by atoms with Crippen LogP contribution in [0.2, 0.25) is 0 Å². The smallest absolute Gasteiger partial charge is 0.254 e. The maximum atomic E-state index is 12.5. The highest BCUT2D eigenvalue weighted by atomic mass is 35.5. The number of amides is 1. The van der Waals surface area contributed by atoms with Crippen molar-refractivity contribution in [3.63, 3.8) is 0 Å². The Morgan fingerprint density at radius 1 is 1.17 bits per heavy atom. The minimum Gasteiger partial charge on any atom is -0.337 e. The van der Waals surface area contributed by atoms with Gasteiger partial charge in [-0.05, 0) is 23.3 Å². The summed E-state index contributed by atoms with van der Waals surface area (Å²) in [5, 5.41) is 2.22. The van der Waals surface area contributed by atoms with E-state index >= 15 is 0 Å². The van der Waals surface area contributed by atoms with Crippen LogP contribution in [0, 0.1) is 0 Å². The first-order valence-corrected chi connectivity index (χ1v) is 6.60. The Bertz CT molecular complexity index is 591. The van der Waals surface area contributed by atoms with Gasteiger partial charge in [-0.25, -0.2) is 0 Å². The zero-order valence-corrected chi connectivity index (χ0v) is 10.7. The zero-order chi connectivity index (χ0) is 12.5. The van der Waals surface area contributed by atoms with E-state index in [0.29, 0.717) is 6.54 Å². The fraction of sp³-hybridized carbons (Fsp3) is 0.267. The fourth-order valence-corrected chi connectivity index (χ4v) is 2.75. The molecule has 1 aliphatic rings. The van der Waals surface area contributed by atoms with Gasteiger partial charge in [0.25, 0.3) is 5.91 Å². The summed E-state index contributed by atoms with van der Waals surface area (Å²) in [4.78, 5) is 14.3. The maximum Gasteiger partial charge on any atom is 0.254 e. The number of rotatable bonds is 1. The van der Waals surface area contributed by atoms with Crippen molar-refractivity contribution in [2.24, 2.45) is 0 Å². The lowest BCUT2D eigenvalue weighted by Crippen LogP contribution is -2.28. The topological polar surface area (TPSA) is 20.3 Å². The van der Waals surface area contributed by atoms with E-state index in [1.807, 2.05) is 47.4 Å². The van der Waals surface area contributed by atoms with E-state index in [-0.39, 0.29) is 11.3 Å². The molecule has 1 unspecified atom stereocenters. The molecule has 2 aromatic carbocycles. The minimum absolute atomic E-state index is 0.0925. The van der Waals surface area contributed by atoms with Crippen LogP contribution in [0.15, 0.2) is 42.5 Å². The summed E-state index contributed by atoms with van der Waals surface area (Å²) in [5.74, 6) is 0.0925. The van der Waals surface area contributed by atoms with E-state index < -0.39 is 0 Å². The first kappa shape index (κ1) is 11.5. The quantitative estimate of drug-likeness (QED) is 0.720. The predicted molar refractivity (Wildman–Crippen MR) is 74.1 cm³/mol. The van der Waals surface area contributed by atoms with Gasteiger partial charge in [-0.15, -0.1) is 11.6 Å². The highest BCUT2D eigenvalue weighted by Crippen LogP contribution is 2.23. The van der Waals surface area contributed by atoms with E-state index in [1.54, 1.807) is 0 Å². The Hall–Kier alpha value is -1.54. The van der Waals surface area contributed by atoms with Gasteiger partial charge in [-0.1, -0.05) is 36.4 Å². The summed E-state index contributed by atoms with van der Waals surface area (Å²) in [5.41, 5.74) is 0.777. The number of hydrogen-bond acceptors (Lipinski definition) is 1. The monoisotopic (exact) mass is 259 g/mol. The highest BCUT2D eigenvalue weighted by Gasteiger charge is 2.26. The molecule has 0 aliphatic carbocycles. The molecule has 0 N–H and O–H groups in total. The van der Waals surface area contributed by atoms with E-state index in [4.69, 9.17) is 11.6 Å². The lowest BCUT2D eigenvalue weighted by atomic mass is 10.0. The van der Waals surface area contributed by atoms with Crippen LogP contribution >= 0.6 is 11.6 Å². The van der Waals surface area contributed by atoms with Crippen LogP contribution in [0.3, 0.4) is 0 Å². The van der Waals surface area contributed by atoms with Gasteiger partial charge >= 0.3 is 0 Å². The molecule has 0 radical (unpaired) electrons. The number of carbonyl (C=O) groups excluding carboxylic acids is 1. The molecular weight excluding hydrogens is 246 g/mol. The van der Waals surface area contributed by atoms with Crippen molar-refractivity contribution in [3.8, 4) is 0 Å². The van der Waals surface area contributed by atoms with Crippen LogP contribution in [0.4, 0.5) is 0 Å². The molecule has 92 valence electrons. The molecule has 2 aromatic rings. The van der Waals surface area contributed by atoms with Gasteiger partial charge in [0.2, 0.25) is 0 Å². The number of fused-ring (bicyclic) bond motifs is 1. The third-order valence-corrected chi connectivity index (χ3v) is 3.79. The largest absolute Gasteiger partial charge is 0.337 e. The van der Waals surface area contributed by atoms with Gasteiger partial charge < -0.3 is 4.90 Å². The molecule has 1 fully saturated rings. The lowest BCUT2D eigenvalue weighted by Gasteiger charge is -2.16. The molecule has 3 rings (SSSR count). The number of nitrogens with zero attached hydrogens (tertiary/aromatic N) is 1. The average molecular weight is 260 g/mol. The number of likely N-dealkylation sites (tertiary alicyclic amines) is 1. The molecule has 2 nitrogen and oxygen atoms in total. The molecule has 1 saturated heterocycles. The summed E-state index contributed by atoms with van der Waals surface area (Å²) in [6.45, 7) is 1.42. The number of alkyl halides is 1. The van der Waals surface area contributed by atoms with Crippen LogP contribution in [0.25, 0.3) is 10.8 Å².